The Bertz CT molecular complexity index is 345. The Morgan fingerprint density at radius 1 is 1.64 bits per heavy atom. The van der Waals surface area contributed by atoms with Gasteiger partial charge in [0.15, 0.2) is 0 Å². The van der Waals surface area contributed by atoms with Gasteiger partial charge in [0.05, 0.1) is 0 Å². The number of nitrogens with one attached hydrogen (secondary N) is 1. The molecular weight excluding hydrogens is 178 g/mol. The first-order valence-corrected chi connectivity index (χ1v) is 4.74. The minimum atomic E-state index is -0.437. The van der Waals surface area contributed by atoms with Crippen LogP contribution < -0.4 is 11.1 Å². The van der Waals surface area contributed by atoms with Gasteiger partial charge in [-0.3, -0.25) is 9.78 Å². The summed E-state index contributed by atoms with van der Waals surface area (Å²) in [7, 11) is 0. The van der Waals surface area contributed by atoms with Crippen LogP contribution in [0.4, 0.5) is 0 Å². The van der Waals surface area contributed by atoms with Crippen molar-refractivity contribution in [1.82, 2.24) is 10.3 Å². The van der Waals surface area contributed by atoms with Crippen LogP contribution in [0.1, 0.15) is 28.4 Å². The molecule has 2 rings (SSSR count). The summed E-state index contributed by atoms with van der Waals surface area (Å²) in [5, 5.41) is 3.26. The van der Waals surface area contributed by atoms with Crippen LogP contribution in [-0.2, 0) is 0 Å². The number of hydrogen-bond acceptors (Lipinski definition) is 3. The fourth-order valence-electron chi connectivity index (χ4n) is 1.87. The maximum absolute atomic E-state index is 11.1. The molecule has 0 saturated carbocycles. The molecule has 4 heteroatoms. The first-order chi connectivity index (χ1) is 6.79. The molecule has 1 aromatic heterocycles. The van der Waals surface area contributed by atoms with Crippen LogP contribution in [0.3, 0.4) is 0 Å². The van der Waals surface area contributed by atoms with Gasteiger partial charge in [-0.2, -0.15) is 0 Å². The van der Waals surface area contributed by atoms with Gasteiger partial charge in [-0.25, -0.2) is 0 Å². The van der Waals surface area contributed by atoms with Crippen LogP contribution >= 0.6 is 0 Å². The average molecular weight is 191 g/mol. The highest BCUT2D eigenvalue weighted by molar-refractivity contribution is 5.92. The third-order valence-corrected chi connectivity index (χ3v) is 2.57. The standard InChI is InChI=1S/C10H13N3O/c11-10(14)9-8(2-1-4-13-9)7-3-5-12-6-7/h1-2,4,7,12H,3,5-6H2,(H2,11,14)/t7-/m0/s1. The summed E-state index contributed by atoms with van der Waals surface area (Å²) in [4.78, 5) is 15.1. The quantitative estimate of drug-likeness (QED) is 0.704. The molecule has 0 unspecified atom stereocenters. The number of carbonyl (C=O) groups excluding carboxylic acids is 1. The summed E-state index contributed by atoms with van der Waals surface area (Å²) >= 11 is 0. The zero-order chi connectivity index (χ0) is 9.97. The maximum atomic E-state index is 11.1. The highest BCUT2D eigenvalue weighted by atomic mass is 16.1. The normalized spacial score (nSPS) is 21.0. The molecule has 1 atom stereocenters. The fourth-order valence-corrected chi connectivity index (χ4v) is 1.87. The zero-order valence-electron chi connectivity index (χ0n) is 7.86. The molecular formula is C10H13N3O. The Kier molecular flexibility index (Phi) is 2.45. The van der Waals surface area contributed by atoms with E-state index >= 15 is 0 Å². The van der Waals surface area contributed by atoms with Crippen molar-refractivity contribution >= 4 is 5.91 Å². The van der Waals surface area contributed by atoms with E-state index in [1.165, 1.54) is 0 Å². The van der Waals surface area contributed by atoms with Crippen molar-refractivity contribution in [2.24, 2.45) is 5.73 Å². The summed E-state index contributed by atoms with van der Waals surface area (Å²) in [5.74, 6) is -0.0568. The van der Waals surface area contributed by atoms with E-state index in [0.29, 0.717) is 11.6 Å². The third-order valence-electron chi connectivity index (χ3n) is 2.57. The smallest absolute Gasteiger partial charge is 0.267 e. The number of nitrogens with two attached hydrogens (primary N) is 1. The molecule has 1 aliphatic heterocycles. The molecule has 1 amide bonds. The molecule has 2 heterocycles. The largest absolute Gasteiger partial charge is 0.364 e. The minimum absolute atomic E-state index is 0.381. The Balaban J connectivity index is 2.35. The number of pyridine rings is 1. The van der Waals surface area contributed by atoms with Gasteiger partial charge >= 0.3 is 0 Å². The van der Waals surface area contributed by atoms with Gasteiger partial charge in [0, 0.05) is 12.7 Å². The fraction of sp³-hybridized carbons (Fsp3) is 0.400. The Morgan fingerprint density at radius 2 is 2.50 bits per heavy atom. The van der Waals surface area contributed by atoms with Crippen LogP contribution in [0.2, 0.25) is 0 Å². The SMILES string of the molecule is NC(=O)c1ncccc1[C@H]1CCNC1. The molecule has 1 aliphatic rings. The number of hydrogen-bond donors (Lipinski definition) is 2. The van der Waals surface area contributed by atoms with E-state index in [9.17, 15) is 4.79 Å². The number of nitrogens with zero attached hydrogens (tertiary/aromatic N) is 1. The van der Waals surface area contributed by atoms with Crippen molar-refractivity contribution < 1.29 is 4.79 Å². The Labute approximate surface area is 82.5 Å². The summed E-state index contributed by atoms with van der Waals surface area (Å²) in [6, 6.07) is 3.78. The molecule has 1 aromatic rings. The minimum Gasteiger partial charge on any atom is -0.364 e. The van der Waals surface area contributed by atoms with E-state index in [-0.39, 0.29) is 0 Å². The van der Waals surface area contributed by atoms with Gasteiger partial charge in [-0.05, 0) is 30.5 Å². The number of carbonyl (C=O) groups is 1. The zero-order valence-corrected chi connectivity index (χ0v) is 7.86. The van der Waals surface area contributed by atoms with Crippen LogP contribution in [0.5, 0.6) is 0 Å². The monoisotopic (exact) mass is 191 g/mol. The van der Waals surface area contributed by atoms with E-state index in [2.05, 4.69) is 10.3 Å². The van der Waals surface area contributed by atoms with E-state index in [4.69, 9.17) is 5.73 Å². The van der Waals surface area contributed by atoms with Crippen molar-refractivity contribution in [3.05, 3.63) is 29.6 Å². The van der Waals surface area contributed by atoms with Crippen LogP contribution in [0.15, 0.2) is 18.3 Å². The lowest BCUT2D eigenvalue weighted by Gasteiger charge is -2.10. The third kappa shape index (κ3) is 1.61. The lowest BCUT2D eigenvalue weighted by molar-refractivity contribution is 0.0994. The van der Waals surface area contributed by atoms with Crippen molar-refractivity contribution in [2.75, 3.05) is 13.1 Å². The van der Waals surface area contributed by atoms with E-state index in [1.54, 1.807) is 6.20 Å². The van der Waals surface area contributed by atoms with Gasteiger partial charge in [0.1, 0.15) is 5.69 Å². The Morgan fingerprint density at radius 3 is 3.14 bits per heavy atom. The molecule has 0 bridgehead atoms. The maximum Gasteiger partial charge on any atom is 0.267 e. The van der Waals surface area contributed by atoms with Gasteiger partial charge in [0.2, 0.25) is 0 Å². The summed E-state index contributed by atoms with van der Waals surface area (Å²) < 4.78 is 0. The first-order valence-electron chi connectivity index (χ1n) is 4.74. The van der Waals surface area contributed by atoms with Crippen LogP contribution in [0, 0.1) is 0 Å². The second-order valence-corrected chi connectivity index (χ2v) is 3.50. The van der Waals surface area contributed by atoms with Crippen molar-refractivity contribution in [1.29, 1.82) is 0 Å². The van der Waals surface area contributed by atoms with Crippen LogP contribution in [-0.4, -0.2) is 24.0 Å². The van der Waals surface area contributed by atoms with Gasteiger partial charge in [-0.1, -0.05) is 6.07 Å². The molecule has 0 aliphatic carbocycles. The topological polar surface area (TPSA) is 68.0 Å². The number of primary amides is 1. The Hall–Kier alpha value is -1.42. The summed E-state index contributed by atoms with van der Waals surface area (Å²) in [5.41, 5.74) is 6.65. The van der Waals surface area contributed by atoms with E-state index < -0.39 is 5.91 Å². The molecule has 4 nitrogen and oxygen atoms in total. The molecule has 1 fully saturated rings. The average Bonchev–Trinajstić information content (AvgIpc) is 2.70. The van der Waals surface area contributed by atoms with Crippen LogP contribution in [0.25, 0.3) is 0 Å². The molecule has 3 N–H and O–H groups in total. The highest BCUT2D eigenvalue weighted by Crippen LogP contribution is 2.23. The molecule has 0 radical (unpaired) electrons. The summed E-state index contributed by atoms with van der Waals surface area (Å²) in [6.45, 7) is 1.91. The van der Waals surface area contributed by atoms with E-state index in [0.717, 1.165) is 25.1 Å². The highest BCUT2D eigenvalue weighted by Gasteiger charge is 2.21. The van der Waals surface area contributed by atoms with Gasteiger partial charge < -0.3 is 11.1 Å². The predicted molar refractivity (Wildman–Crippen MR) is 53.0 cm³/mol. The molecule has 1 saturated heterocycles. The summed E-state index contributed by atoms with van der Waals surface area (Å²) in [6.07, 6.45) is 2.65. The van der Waals surface area contributed by atoms with Crippen molar-refractivity contribution in [3.8, 4) is 0 Å². The van der Waals surface area contributed by atoms with Gasteiger partial charge in [0.25, 0.3) is 5.91 Å². The number of rotatable bonds is 2. The number of amides is 1. The second kappa shape index (κ2) is 3.75. The number of aromatic nitrogens is 1. The lowest BCUT2D eigenvalue weighted by Crippen LogP contribution is -2.18. The van der Waals surface area contributed by atoms with E-state index in [1.807, 2.05) is 12.1 Å². The molecule has 14 heavy (non-hydrogen) atoms. The van der Waals surface area contributed by atoms with Crippen molar-refractivity contribution in [2.45, 2.75) is 12.3 Å². The molecule has 0 aromatic carbocycles. The lowest BCUT2D eigenvalue weighted by atomic mass is 9.96. The predicted octanol–water partition coefficient (Wildman–Crippen LogP) is 0.257. The van der Waals surface area contributed by atoms with Crippen molar-refractivity contribution in [3.63, 3.8) is 0 Å². The molecule has 0 spiro atoms. The first kappa shape index (κ1) is 9.15. The van der Waals surface area contributed by atoms with Gasteiger partial charge in [-0.15, -0.1) is 0 Å². The molecule has 74 valence electrons. The second-order valence-electron chi connectivity index (χ2n) is 3.50.